The maximum atomic E-state index is 8.84. The third-order valence-electron chi connectivity index (χ3n) is 3.12. The van der Waals surface area contributed by atoms with Crippen molar-refractivity contribution in [1.29, 1.82) is 0 Å². The number of imidazole rings is 1. The summed E-state index contributed by atoms with van der Waals surface area (Å²) in [4.78, 5) is 4.68. The van der Waals surface area contributed by atoms with E-state index in [0.29, 0.717) is 5.92 Å². The summed E-state index contributed by atoms with van der Waals surface area (Å²) in [5.74, 6) is 1.56. The Morgan fingerprint density at radius 2 is 2.12 bits per heavy atom. The van der Waals surface area contributed by atoms with Gasteiger partial charge in [-0.05, 0) is 30.5 Å². The molecule has 0 amide bonds. The summed E-state index contributed by atoms with van der Waals surface area (Å²) in [6, 6.07) is 6.39. The number of hydrogen-bond acceptors (Lipinski definition) is 2. The highest BCUT2D eigenvalue weighted by atomic mass is 16.2. The van der Waals surface area contributed by atoms with E-state index in [0.717, 1.165) is 24.2 Å². The fourth-order valence-corrected chi connectivity index (χ4v) is 2.22. The van der Waals surface area contributed by atoms with Crippen LogP contribution in [0.1, 0.15) is 37.6 Å². The highest BCUT2D eigenvalue weighted by Crippen LogP contribution is 2.21. The van der Waals surface area contributed by atoms with E-state index in [1.54, 1.807) is 0 Å². The SMILES string of the molecule is CC(C)c1nc2cc(CCCO)ccc2n1C. The number of aromatic nitrogens is 2. The van der Waals surface area contributed by atoms with Crippen LogP contribution >= 0.6 is 0 Å². The molecule has 1 heterocycles. The molecule has 1 aromatic carbocycles. The summed E-state index contributed by atoms with van der Waals surface area (Å²) in [7, 11) is 2.07. The molecular weight excluding hydrogens is 212 g/mol. The molecule has 0 unspecified atom stereocenters. The predicted octanol–water partition coefficient (Wildman–Crippen LogP) is 2.62. The monoisotopic (exact) mass is 232 g/mol. The summed E-state index contributed by atoms with van der Waals surface area (Å²) in [6.45, 7) is 4.57. The molecule has 3 heteroatoms. The van der Waals surface area contributed by atoms with Crippen LogP contribution in [-0.4, -0.2) is 21.3 Å². The number of hydrogen-bond donors (Lipinski definition) is 1. The fraction of sp³-hybridized carbons (Fsp3) is 0.500. The molecule has 0 aliphatic rings. The molecule has 0 fully saturated rings. The van der Waals surface area contributed by atoms with E-state index in [-0.39, 0.29) is 6.61 Å². The molecule has 0 aliphatic carbocycles. The summed E-state index contributed by atoms with van der Waals surface area (Å²) in [6.07, 6.45) is 1.73. The van der Waals surface area contributed by atoms with Crippen molar-refractivity contribution >= 4 is 11.0 Å². The lowest BCUT2D eigenvalue weighted by atomic mass is 10.1. The molecule has 0 bridgehead atoms. The number of aliphatic hydroxyl groups excluding tert-OH is 1. The topological polar surface area (TPSA) is 38.1 Å². The Balaban J connectivity index is 2.41. The first kappa shape index (κ1) is 12.1. The normalized spacial score (nSPS) is 11.6. The highest BCUT2D eigenvalue weighted by molar-refractivity contribution is 5.77. The van der Waals surface area contributed by atoms with Gasteiger partial charge in [0.15, 0.2) is 0 Å². The van der Waals surface area contributed by atoms with Gasteiger partial charge in [-0.1, -0.05) is 19.9 Å². The maximum Gasteiger partial charge on any atom is 0.112 e. The Labute approximate surface area is 102 Å². The molecule has 1 aromatic heterocycles. The number of nitrogens with zero attached hydrogens (tertiary/aromatic N) is 2. The second-order valence-electron chi connectivity index (χ2n) is 4.83. The largest absolute Gasteiger partial charge is 0.396 e. The van der Waals surface area contributed by atoms with E-state index in [1.165, 1.54) is 11.1 Å². The zero-order chi connectivity index (χ0) is 12.4. The molecule has 3 nitrogen and oxygen atoms in total. The molecule has 17 heavy (non-hydrogen) atoms. The van der Waals surface area contributed by atoms with Crippen LogP contribution in [0.5, 0.6) is 0 Å². The number of aryl methyl sites for hydroxylation is 2. The number of aliphatic hydroxyl groups is 1. The third kappa shape index (κ3) is 2.34. The molecule has 0 radical (unpaired) electrons. The number of benzene rings is 1. The lowest BCUT2D eigenvalue weighted by Crippen LogP contribution is -1.99. The van der Waals surface area contributed by atoms with E-state index in [2.05, 4.69) is 48.6 Å². The summed E-state index contributed by atoms with van der Waals surface area (Å²) >= 11 is 0. The van der Waals surface area contributed by atoms with Gasteiger partial charge in [-0.2, -0.15) is 0 Å². The van der Waals surface area contributed by atoms with Gasteiger partial charge in [0.1, 0.15) is 5.82 Å². The Kier molecular flexibility index (Phi) is 3.48. The van der Waals surface area contributed by atoms with Gasteiger partial charge in [0.25, 0.3) is 0 Å². The molecule has 2 rings (SSSR count). The molecule has 0 spiro atoms. The molecule has 1 N–H and O–H groups in total. The number of rotatable bonds is 4. The molecular formula is C14H20N2O. The van der Waals surface area contributed by atoms with Crippen molar-refractivity contribution < 1.29 is 5.11 Å². The Bertz CT molecular complexity index is 514. The van der Waals surface area contributed by atoms with E-state index >= 15 is 0 Å². The molecule has 0 saturated carbocycles. The van der Waals surface area contributed by atoms with Crippen molar-refractivity contribution in [2.45, 2.75) is 32.6 Å². The van der Waals surface area contributed by atoms with Gasteiger partial charge in [-0.3, -0.25) is 0 Å². The van der Waals surface area contributed by atoms with Crippen LogP contribution in [0, 0.1) is 0 Å². The van der Waals surface area contributed by atoms with Crippen molar-refractivity contribution in [2.24, 2.45) is 7.05 Å². The van der Waals surface area contributed by atoms with Gasteiger partial charge in [0.2, 0.25) is 0 Å². The van der Waals surface area contributed by atoms with Crippen molar-refractivity contribution in [3.63, 3.8) is 0 Å². The molecule has 0 aliphatic heterocycles. The fourth-order valence-electron chi connectivity index (χ4n) is 2.22. The molecule has 2 aromatic rings. The third-order valence-corrected chi connectivity index (χ3v) is 3.12. The summed E-state index contributed by atoms with van der Waals surface area (Å²) < 4.78 is 2.16. The minimum absolute atomic E-state index is 0.248. The van der Waals surface area contributed by atoms with E-state index < -0.39 is 0 Å². The van der Waals surface area contributed by atoms with Gasteiger partial charge in [0.05, 0.1) is 11.0 Å². The minimum Gasteiger partial charge on any atom is -0.396 e. The second kappa shape index (κ2) is 4.88. The first-order valence-corrected chi connectivity index (χ1v) is 6.19. The van der Waals surface area contributed by atoms with Crippen LogP contribution in [0.2, 0.25) is 0 Å². The Hall–Kier alpha value is -1.35. The van der Waals surface area contributed by atoms with Crippen LogP contribution < -0.4 is 0 Å². The van der Waals surface area contributed by atoms with Gasteiger partial charge >= 0.3 is 0 Å². The summed E-state index contributed by atoms with van der Waals surface area (Å²) in [5, 5.41) is 8.84. The average Bonchev–Trinajstić information content (AvgIpc) is 2.64. The predicted molar refractivity (Wildman–Crippen MR) is 70.2 cm³/mol. The van der Waals surface area contributed by atoms with Crippen molar-refractivity contribution in [3.05, 3.63) is 29.6 Å². The zero-order valence-corrected chi connectivity index (χ0v) is 10.8. The average molecular weight is 232 g/mol. The zero-order valence-electron chi connectivity index (χ0n) is 10.8. The minimum atomic E-state index is 0.248. The van der Waals surface area contributed by atoms with Gasteiger partial charge in [-0.15, -0.1) is 0 Å². The quantitative estimate of drug-likeness (QED) is 0.880. The van der Waals surface area contributed by atoms with Crippen LogP contribution in [0.25, 0.3) is 11.0 Å². The van der Waals surface area contributed by atoms with Gasteiger partial charge < -0.3 is 9.67 Å². The molecule has 0 atom stereocenters. The van der Waals surface area contributed by atoms with Crippen LogP contribution in [0.3, 0.4) is 0 Å². The Morgan fingerprint density at radius 1 is 1.35 bits per heavy atom. The summed E-state index contributed by atoms with van der Waals surface area (Å²) in [5.41, 5.74) is 3.49. The number of fused-ring (bicyclic) bond motifs is 1. The Morgan fingerprint density at radius 3 is 2.76 bits per heavy atom. The standard InChI is InChI=1S/C14H20N2O/c1-10(2)14-15-12-9-11(5-4-8-17)6-7-13(12)16(14)3/h6-7,9-10,17H,4-5,8H2,1-3H3. The van der Waals surface area contributed by atoms with E-state index in [9.17, 15) is 0 Å². The molecule has 92 valence electrons. The second-order valence-corrected chi connectivity index (χ2v) is 4.83. The van der Waals surface area contributed by atoms with Crippen molar-refractivity contribution in [2.75, 3.05) is 6.61 Å². The van der Waals surface area contributed by atoms with Crippen molar-refractivity contribution in [3.8, 4) is 0 Å². The van der Waals surface area contributed by atoms with Crippen LogP contribution in [0.4, 0.5) is 0 Å². The van der Waals surface area contributed by atoms with Crippen LogP contribution in [-0.2, 0) is 13.5 Å². The lowest BCUT2D eigenvalue weighted by Gasteiger charge is -2.04. The van der Waals surface area contributed by atoms with E-state index in [4.69, 9.17) is 5.11 Å². The van der Waals surface area contributed by atoms with Crippen LogP contribution in [0.15, 0.2) is 18.2 Å². The smallest absolute Gasteiger partial charge is 0.112 e. The lowest BCUT2D eigenvalue weighted by molar-refractivity contribution is 0.288. The first-order chi connectivity index (χ1) is 8.13. The van der Waals surface area contributed by atoms with E-state index in [1.807, 2.05) is 0 Å². The first-order valence-electron chi connectivity index (χ1n) is 6.19. The van der Waals surface area contributed by atoms with Gasteiger partial charge in [-0.25, -0.2) is 4.98 Å². The maximum absolute atomic E-state index is 8.84. The van der Waals surface area contributed by atoms with Gasteiger partial charge in [0, 0.05) is 19.6 Å². The highest BCUT2D eigenvalue weighted by Gasteiger charge is 2.10. The van der Waals surface area contributed by atoms with Crippen molar-refractivity contribution in [1.82, 2.24) is 9.55 Å². The molecule has 0 saturated heterocycles.